The molecule has 1 aliphatic heterocycles. The van der Waals surface area contributed by atoms with Crippen LogP contribution >= 0.6 is 11.6 Å². The van der Waals surface area contributed by atoms with Gasteiger partial charge in [-0.2, -0.15) is 0 Å². The summed E-state index contributed by atoms with van der Waals surface area (Å²) in [6.45, 7) is 2.45. The van der Waals surface area contributed by atoms with Crippen molar-refractivity contribution in [3.05, 3.63) is 34.9 Å². The van der Waals surface area contributed by atoms with Gasteiger partial charge in [-0.05, 0) is 38.7 Å². The lowest BCUT2D eigenvalue weighted by atomic mass is 9.73. The molecule has 1 amide bonds. The number of ether oxygens (including phenoxy) is 1. The summed E-state index contributed by atoms with van der Waals surface area (Å²) >= 11 is 6.38. The number of benzene rings is 1. The number of carbonyl (C=O) groups excluding carboxylic acids is 2. The van der Waals surface area contributed by atoms with Crippen molar-refractivity contribution in [3.8, 4) is 0 Å². The Kier molecular flexibility index (Phi) is 5.63. The molecule has 1 saturated carbocycles. The highest BCUT2D eigenvalue weighted by Gasteiger charge is 2.52. The Hall–Kier alpha value is -1.92. The van der Waals surface area contributed by atoms with E-state index in [1.807, 2.05) is 25.1 Å². The SMILES string of the molecule is CCNC(=O)CCC(N)C1=N[C@@]2(c3ccccc3Cl)CCC[C@@H](O1)C2=O. The molecule has 3 N–H and O–H groups in total. The minimum absolute atomic E-state index is 0.0588. The lowest BCUT2D eigenvalue weighted by molar-refractivity contribution is -0.137. The number of ketones is 1. The monoisotopic (exact) mass is 377 g/mol. The van der Waals surface area contributed by atoms with Crippen molar-refractivity contribution in [3.63, 3.8) is 0 Å². The molecule has 3 atom stereocenters. The summed E-state index contributed by atoms with van der Waals surface area (Å²) in [5.41, 5.74) is 5.91. The van der Waals surface area contributed by atoms with Crippen LogP contribution in [0.1, 0.15) is 44.6 Å². The van der Waals surface area contributed by atoms with Crippen LogP contribution in [0.3, 0.4) is 0 Å². The minimum atomic E-state index is -1.03. The Morgan fingerprint density at radius 1 is 1.50 bits per heavy atom. The highest BCUT2D eigenvalue weighted by atomic mass is 35.5. The standard InChI is InChI=1S/C19H24ClN3O3/c1-2-22-16(24)10-9-14(21)18-23-19(12-6-3-4-7-13(12)20)11-5-8-15(26-18)17(19)25/h3-4,6-7,14-15H,2,5,8-11,21H2,1H3,(H,22,24)/t14?,15-,19-/m1/s1. The van der Waals surface area contributed by atoms with Crippen LogP contribution in [0.15, 0.2) is 29.3 Å². The Morgan fingerprint density at radius 3 is 3.00 bits per heavy atom. The van der Waals surface area contributed by atoms with Crippen molar-refractivity contribution in [2.24, 2.45) is 10.7 Å². The second kappa shape index (κ2) is 7.76. The third-order valence-corrected chi connectivity index (χ3v) is 5.29. The van der Waals surface area contributed by atoms with E-state index < -0.39 is 17.7 Å². The third kappa shape index (κ3) is 3.48. The van der Waals surface area contributed by atoms with Gasteiger partial charge in [0.05, 0.1) is 6.04 Å². The number of amides is 1. The molecule has 140 valence electrons. The van der Waals surface area contributed by atoms with Crippen molar-refractivity contribution in [1.29, 1.82) is 0 Å². The van der Waals surface area contributed by atoms with E-state index in [9.17, 15) is 9.59 Å². The fourth-order valence-corrected chi connectivity index (χ4v) is 3.93. The van der Waals surface area contributed by atoms with Crippen molar-refractivity contribution in [2.45, 2.75) is 56.7 Å². The highest BCUT2D eigenvalue weighted by molar-refractivity contribution is 6.32. The van der Waals surface area contributed by atoms with E-state index in [-0.39, 0.29) is 18.1 Å². The number of fused-ring (bicyclic) bond motifs is 2. The molecule has 0 spiro atoms. The second-order valence-electron chi connectivity index (χ2n) is 6.75. The fraction of sp³-hybridized carbons (Fsp3) is 0.526. The van der Waals surface area contributed by atoms with Crippen molar-refractivity contribution in [2.75, 3.05) is 6.54 Å². The molecule has 7 heteroatoms. The first-order valence-corrected chi connectivity index (χ1v) is 9.43. The number of carbonyl (C=O) groups is 2. The van der Waals surface area contributed by atoms with Crippen LogP contribution in [0.25, 0.3) is 0 Å². The number of hydrogen-bond donors (Lipinski definition) is 2. The number of aliphatic imine (C=N–C) groups is 1. The van der Waals surface area contributed by atoms with E-state index in [0.29, 0.717) is 42.3 Å². The lowest BCUT2D eigenvalue weighted by Crippen LogP contribution is -2.54. The van der Waals surface area contributed by atoms with Gasteiger partial charge in [-0.3, -0.25) is 9.59 Å². The fourth-order valence-electron chi connectivity index (χ4n) is 3.64. The van der Waals surface area contributed by atoms with E-state index >= 15 is 0 Å². The average Bonchev–Trinajstić information content (AvgIpc) is 2.60. The Balaban J connectivity index is 1.90. The van der Waals surface area contributed by atoms with E-state index in [2.05, 4.69) is 10.3 Å². The van der Waals surface area contributed by atoms with E-state index in [1.54, 1.807) is 6.07 Å². The highest BCUT2D eigenvalue weighted by Crippen LogP contribution is 2.44. The van der Waals surface area contributed by atoms with Gasteiger partial charge in [-0.1, -0.05) is 29.8 Å². The quantitative estimate of drug-likeness (QED) is 0.795. The zero-order chi connectivity index (χ0) is 18.7. The van der Waals surface area contributed by atoms with Gasteiger partial charge in [0.1, 0.15) is 0 Å². The van der Waals surface area contributed by atoms with Gasteiger partial charge in [0.25, 0.3) is 0 Å². The smallest absolute Gasteiger partial charge is 0.220 e. The number of nitrogens with two attached hydrogens (primary N) is 1. The Labute approximate surface area is 158 Å². The summed E-state index contributed by atoms with van der Waals surface area (Å²) in [4.78, 5) is 29.4. The molecule has 2 aliphatic rings. The predicted octanol–water partition coefficient (Wildman–Crippen LogP) is 2.33. The Bertz CT molecular complexity index is 736. The van der Waals surface area contributed by atoms with Crippen molar-refractivity contribution < 1.29 is 14.3 Å². The Morgan fingerprint density at radius 2 is 2.27 bits per heavy atom. The first kappa shape index (κ1) is 18.9. The van der Waals surface area contributed by atoms with E-state index in [0.717, 1.165) is 6.42 Å². The van der Waals surface area contributed by atoms with Crippen LogP contribution in [0, 0.1) is 0 Å². The topological polar surface area (TPSA) is 93.8 Å². The summed E-state index contributed by atoms with van der Waals surface area (Å²) in [6, 6.07) is 6.76. The van der Waals surface area contributed by atoms with Gasteiger partial charge in [0.2, 0.25) is 17.6 Å². The normalized spacial score (nSPS) is 25.9. The molecule has 1 unspecified atom stereocenters. The van der Waals surface area contributed by atoms with Crippen LogP contribution in [0.5, 0.6) is 0 Å². The number of nitrogens with one attached hydrogen (secondary N) is 1. The first-order chi connectivity index (χ1) is 12.5. The molecule has 0 saturated heterocycles. The van der Waals surface area contributed by atoms with Gasteiger partial charge < -0.3 is 15.8 Å². The third-order valence-electron chi connectivity index (χ3n) is 4.96. The van der Waals surface area contributed by atoms with Crippen molar-refractivity contribution >= 4 is 29.2 Å². The molecule has 1 heterocycles. The summed E-state index contributed by atoms with van der Waals surface area (Å²) in [5, 5.41) is 3.26. The van der Waals surface area contributed by atoms with Crippen LogP contribution in [0.4, 0.5) is 0 Å². The summed E-state index contributed by atoms with van der Waals surface area (Å²) in [7, 11) is 0. The molecule has 6 nitrogen and oxygen atoms in total. The van der Waals surface area contributed by atoms with Crippen LogP contribution in [-0.2, 0) is 19.9 Å². The van der Waals surface area contributed by atoms with Crippen LogP contribution in [0.2, 0.25) is 5.02 Å². The zero-order valence-corrected chi connectivity index (χ0v) is 15.6. The number of Topliss-reactive ketones (excluding diaryl/α,β-unsaturated/α-hetero) is 1. The van der Waals surface area contributed by atoms with Crippen LogP contribution in [-0.4, -0.2) is 36.3 Å². The number of nitrogens with zero attached hydrogens (tertiary/aromatic N) is 1. The molecule has 0 radical (unpaired) electrons. The molecule has 26 heavy (non-hydrogen) atoms. The molecule has 1 aliphatic carbocycles. The summed E-state index contributed by atoms with van der Waals surface area (Å²) in [6.07, 6.45) is 2.20. The molecule has 0 aromatic heterocycles. The maximum absolute atomic E-state index is 13.0. The number of halogens is 1. The first-order valence-electron chi connectivity index (χ1n) is 9.06. The van der Waals surface area contributed by atoms with Gasteiger partial charge in [0, 0.05) is 23.6 Å². The molecule has 1 aromatic rings. The van der Waals surface area contributed by atoms with E-state index in [4.69, 9.17) is 22.1 Å². The molecular formula is C19H24ClN3O3. The van der Waals surface area contributed by atoms with E-state index in [1.165, 1.54) is 0 Å². The van der Waals surface area contributed by atoms with Crippen molar-refractivity contribution in [1.82, 2.24) is 5.32 Å². The molecule has 2 bridgehead atoms. The zero-order valence-electron chi connectivity index (χ0n) is 14.8. The lowest BCUT2D eigenvalue weighted by Gasteiger charge is -2.42. The van der Waals surface area contributed by atoms with Crippen LogP contribution < -0.4 is 11.1 Å². The summed E-state index contributed by atoms with van der Waals surface area (Å²) < 4.78 is 5.81. The van der Waals surface area contributed by atoms with Gasteiger partial charge in [0.15, 0.2) is 11.6 Å². The minimum Gasteiger partial charge on any atom is -0.468 e. The van der Waals surface area contributed by atoms with Gasteiger partial charge >= 0.3 is 0 Å². The predicted molar refractivity (Wildman–Crippen MR) is 100 cm³/mol. The summed E-state index contributed by atoms with van der Waals surface area (Å²) in [5.74, 6) is 0.228. The maximum atomic E-state index is 13.0. The molecule has 1 fully saturated rings. The van der Waals surface area contributed by atoms with Gasteiger partial charge in [-0.15, -0.1) is 0 Å². The number of hydrogen-bond acceptors (Lipinski definition) is 5. The molecule has 1 aromatic carbocycles. The van der Waals surface area contributed by atoms with Gasteiger partial charge in [-0.25, -0.2) is 4.99 Å². The molecule has 3 rings (SSSR count). The maximum Gasteiger partial charge on any atom is 0.220 e. The molecular weight excluding hydrogens is 354 g/mol. The number of rotatable bonds is 6. The average molecular weight is 378 g/mol. The second-order valence-corrected chi connectivity index (χ2v) is 7.16. The largest absolute Gasteiger partial charge is 0.468 e.